The van der Waals surface area contributed by atoms with Crippen LogP contribution in [0.5, 0.6) is 0 Å². The van der Waals surface area contributed by atoms with Crippen LogP contribution < -0.4 is 5.32 Å². The van der Waals surface area contributed by atoms with Gasteiger partial charge in [0.15, 0.2) is 5.11 Å². The topological polar surface area (TPSA) is 18.5 Å². The first-order valence-electron chi connectivity index (χ1n) is 10.3. The molecule has 3 nitrogen and oxygen atoms in total. The van der Waals surface area contributed by atoms with E-state index in [9.17, 15) is 0 Å². The number of aryl methyl sites for hydroxylation is 2. The Bertz CT molecular complexity index is 602. The minimum Gasteiger partial charge on any atom is -0.349 e. The molecule has 1 saturated heterocycles. The van der Waals surface area contributed by atoms with Crippen molar-refractivity contribution in [3.63, 3.8) is 0 Å². The van der Waals surface area contributed by atoms with Crippen LogP contribution in [0.25, 0.3) is 0 Å². The Kier molecular flexibility index (Phi) is 6.57. The molecule has 0 amide bonds. The number of nitrogens with one attached hydrogen (secondary N) is 1. The van der Waals surface area contributed by atoms with Crippen molar-refractivity contribution in [2.75, 3.05) is 25.5 Å². The Morgan fingerprint density at radius 3 is 2.27 bits per heavy atom. The van der Waals surface area contributed by atoms with Gasteiger partial charge in [-0.1, -0.05) is 25.8 Å². The molecule has 2 unspecified atom stereocenters. The minimum absolute atomic E-state index is 0.709. The zero-order valence-electron chi connectivity index (χ0n) is 16.9. The molecule has 2 fully saturated rings. The SMILES string of the molecule is Cc1cc(C)cc(NC(=S)N2CCC(N(C)C3CCCCC3C)CC2)c1. The van der Waals surface area contributed by atoms with Crippen LogP contribution in [0, 0.1) is 19.8 Å². The highest BCUT2D eigenvalue weighted by Crippen LogP contribution is 2.30. The second-order valence-electron chi connectivity index (χ2n) is 8.52. The van der Waals surface area contributed by atoms with Crippen molar-refractivity contribution in [2.24, 2.45) is 5.92 Å². The summed E-state index contributed by atoms with van der Waals surface area (Å²) in [6, 6.07) is 8.03. The largest absolute Gasteiger partial charge is 0.349 e. The maximum absolute atomic E-state index is 5.69. The molecular formula is C22H35N3S. The van der Waals surface area contributed by atoms with E-state index in [4.69, 9.17) is 12.2 Å². The molecule has 2 atom stereocenters. The average molecular weight is 374 g/mol. The number of benzene rings is 1. The van der Waals surface area contributed by atoms with Crippen LogP contribution in [-0.4, -0.2) is 47.1 Å². The third kappa shape index (κ3) is 4.77. The van der Waals surface area contributed by atoms with Gasteiger partial charge in [-0.3, -0.25) is 0 Å². The van der Waals surface area contributed by atoms with Gasteiger partial charge in [0.05, 0.1) is 0 Å². The van der Waals surface area contributed by atoms with Gasteiger partial charge in [0.1, 0.15) is 0 Å². The normalized spacial score (nSPS) is 24.7. The van der Waals surface area contributed by atoms with Crippen molar-refractivity contribution in [3.8, 4) is 0 Å². The number of thiocarbonyl (C=S) groups is 1. The fourth-order valence-corrected chi connectivity index (χ4v) is 5.20. The van der Waals surface area contributed by atoms with E-state index in [1.54, 1.807) is 0 Å². The Hall–Kier alpha value is -1.13. The first-order chi connectivity index (χ1) is 12.4. The first-order valence-corrected chi connectivity index (χ1v) is 10.7. The Morgan fingerprint density at radius 2 is 1.65 bits per heavy atom. The number of nitrogens with zero attached hydrogens (tertiary/aromatic N) is 2. The zero-order chi connectivity index (χ0) is 18.7. The Labute approximate surface area is 165 Å². The summed E-state index contributed by atoms with van der Waals surface area (Å²) in [4.78, 5) is 5.04. The molecule has 144 valence electrons. The highest BCUT2D eigenvalue weighted by Gasteiger charge is 2.31. The van der Waals surface area contributed by atoms with E-state index >= 15 is 0 Å². The molecule has 1 aromatic carbocycles. The summed E-state index contributed by atoms with van der Waals surface area (Å²) < 4.78 is 0. The second kappa shape index (κ2) is 8.71. The second-order valence-corrected chi connectivity index (χ2v) is 8.91. The molecule has 1 N–H and O–H groups in total. The Balaban J connectivity index is 1.52. The minimum atomic E-state index is 0.709. The smallest absolute Gasteiger partial charge is 0.173 e. The summed E-state index contributed by atoms with van der Waals surface area (Å²) in [5.41, 5.74) is 3.66. The molecule has 2 aliphatic rings. The maximum atomic E-state index is 5.69. The molecule has 1 saturated carbocycles. The fourth-order valence-electron chi connectivity index (χ4n) is 4.90. The van der Waals surface area contributed by atoms with Crippen LogP contribution >= 0.6 is 12.2 Å². The first kappa shape index (κ1) is 19.6. The van der Waals surface area contributed by atoms with E-state index in [-0.39, 0.29) is 0 Å². The number of likely N-dealkylation sites (tertiary alicyclic amines) is 1. The number of piperidine rings is 1. The molecule has 26 heavy (non-hydrogen) atoms. The van der Waals surface area contributed by atoms with Gasteiger partial charge < -0.3 is 15.1 Å². The van der Waals surface area contributed by atoms with Crippen LogP contribution in [-0.2, 0) is 0 Å². The summed E-state index contributed by atoms with van der Waals surface area (Å²) in [5.74, 6) is 0.846. The monoisotopic (exact) mass is 373 g/mol. The molecule has 1 heterocycles. The lowest BCUT2D eigenvalue weighted by atomic mass is 9.84. The summed E-state index contributed by atoms with van der Waals surface area (Å²) in [6.07, 6.45) is 8.04. The van der Waals surface area contributed by atoms with Gasteiger partial charge in [-0.25, -0.2) is 0 Å². The van der Waals surface area contributed by atoms with Crippen molar-refractivity contribution < 1.29 is 0 Å². The van der Waals surface area contributed by atoms with Gasteiger partial charge in [0.25, 0.3) is 0 Å². The maximum Gasteiger partial charge on any atom is 0.173 e. The molecule has 0 radical (unpaired) electrons. The Morgan fingerprint density at radius 1 is 1.04 bits per heavy atom. The third-order valence-corrected chi connectivity index (χ3v) is 6.75. The van der Waals surface area contributed by atoms with Gasteiger partial charge in [-0.2, -0.15) is 0 Å². The fraction of sp³-hybridized carbons (Fsp3) is 0.682. The number of anilines is 1. The summed E-state index contributed by atoms with van der Waals surface area (Å²) >= 11 is 5.69. The molecule has 0 bridgehead atoms. The van der Waals surface area contributed by atoms with Gasteiger partial charge >= 0.3 is 0 Å². The van der Waals surface area contributed by atoms with E-state index in [2.05, 4.69) is 61.1 Å². The van der Waals surface area contributed by atoms with Crippen molar-refractivity contribution in [2.45, 2.75) is 71.4 Å². The van der Waals surface area contributed by atoms with Gasteiger partial charge in [0, 0.05) is 30.9 Å². The highest BCUT2D eigenvalue weighted by atomic mass is 32.1. The summed E-state index contributed by atoms with van der Waals surface area (Å²) in [5, 5.41) is 4.33. The number of hydrogen-bond donors (Lipinski definition) is 1. The number of hydrogen-bond acceptors (Lipinski definition) is 2. The molecule has 3 rings (SSSR count). The van der Waals surface area contributed by atoms with Crippen molar-refractivity contribution in [1.82, 2.24) is 9.80 Å². The van der Waals surface area contributed by atoms with E-state index in [1.807, 2.05) is 0 Å². The third-order valence-electron chi connectivity index (χ3n) is 6.39. The van der Waals surface area contributed by atoms with Crippen LogP contribution in [0.2, 0.25) is 0 Å². The van der Waals surface area contributed by atoms with Crippen LogP contribution in [0.3, 0.4) is 0 Å². The van der Waals surface area contributed by atoms with E-state index in [0.29, 0.717) is 6.04 Å². The van der Waals surface area contributed by atoms with Crippen LogP contribution in [0.1, 0.15) is 56.6 Å². The van der Waals surface area contributed by atoms with Crippen LogP contribution in [0.15, 0.2) is 18.2 Å². The molecule has 0 aromatic heterocycles. The lowest BCUT2D eigenvalue weighted by molar-refractivity contribution is 0.0691. The molecule has 1 aromatic rings. The summed E-state index contributed by atoms with van der Waals surface area (Å²) in [6.45, 7) is 8.83. The van der Waals surface area contributed by atoms with Gasteiger partial charge in [-0.15, -0.1) is 0 Å². The molecule has 4 heteroatoms. The predicted octanol–water partition coefficient (Wildman–Crippen LogP) is 4.98. The average Bonchev–Trinajstić information content (AvgIpc) is 2.61. The van der Waals surface area contributed by atoms with Gasteiger partial charge in [-0.05, 0) is 88.0 Å². The van der Waals surface area contributed by atoms with Crippen molar-refractivity contribution >= 4 is 23.0 Å². The summed E-state index contributed by atoms with van der Waals surface area (Å²) in [7, 11) is 2.36. The molecule has 0 spiro atoms. The molecular weight excluding hydrogens is 338 g/mol. The van der Waals surface area contributed by atoms with Crippen molar-refractivity contribution in [3.05, 3.63) is 29.3 Å². The molecule has 1 aliphatic carbocycles. The van der Waals surface area contributed by atoms with E-state index in [1.165, 1.54) is 49.7 Å². The van der Waals surface area contributed by atoms with Crippen molar-refractivity contribution in [1.29, 1.82) is 0 Å². The highest BCUT2D eigenvalue weighted by molar-refractivity contribution is 7.80. The quantitative estimate of drug-likeness (QED) is 0.753. The van der Waals surface area contributed by atoms with E-state index in [0.717, 1.165) is 35.8 Å². The standard InChI is InChI=1S/C22H35N3S/c1-16-13-17(2)15-19(14-16)23-22(26)25-11-9-20(10-12-25)24(4)21-8-6-5-7-18(21)3/h13-15,18,20-21H,5-12H2,1-4H3,(H,23,26). The van der Waals surface area contributed by atoms with E-state index < -0.39 is 0 Å². The predicted molar refractivity (Wildman–Crippen MR) is 116 cm³/mol. The van der Waals surface area contributed by atoms with Crippen LogP contribution in [0.4, 0.5) is 5.69 Å². The van der Waals surface area contributed by atoms with Gasteiger partial charge in [0.2, 0.25) is 0 Å². The lowest BCUT2D eigenvalue weighted by Crippen LogP contribution is -2.51. The number of rotatable bonds is 3. The lowest BCUT2D eigenvalue weighted by Gasteiger charge is -2.44. The zero-order valence-corrected chi connectivity index (χ0v) is 17.7. The molecule has 1 aliphatic heterocycles.